The lowest BCUT2D eigenvalue weighted by Gasteiger charge is -2.40. The van der Waals surface area contributed by atoms with Crippen LogP contribution in [0.3, 0.4) is 0 Å². The molecule has 3 heteroatoms. The third-order valence-electron chi connectivity index (χ3n) is 4.54. The molecule has 0 radical (unpaired) electrons. The first kappa shape index (κ1) is 14.9. The van der Waals surface area contributed by atoms with Crippen LogP contribution in [0.4, 0.5) is 0 Å². The lowest BCUT2D eigenvalue weighted by molar-refractivity contribution is 0.0961. The van der Waals surface area contributed by atoms with Crippen LogP contribution in [0.1, 0.15) is 46.5 Å². The van der Waals surface area contributed by atoms with Gasteiger partial charge in [0, 0.05) is 24.7 Å². The quantitative estimate of drug-likeness (QED) is 0.739. The zero-order valence-corrected chi connectivity index (χ0v) is 12.2. The lowest BCUT2D eigenvalue weighted by Crippen LogP contribution is -2.53. The molecule has 0 spiro atoms. The zero-order valence-electron chi connectivity index (χ0n) is 12.2. The van der Waals surface area contributed by atoms with E-state index >= 15 is 0 Å². The molecule has 1 fully saturated rings. The topological polar surface area (TPSA) is 32.5 Å². The highest BCUT2D eigenvalue weighted by Gasteiger charge is 2.31. The van der Waals surface area contributed by atoms with Crippen LogP contribution in [0.15, 0.2) is 0 Å². The molecule has 2 N–H and O–H groups in total. The Labute approximate surface area is 107 Å². The third-order valence-corrected chi connectivity index (χ3v) is 4.54. The van der Waals surface area contributed by atoms with Gasteiger partial charge < -0.3 is 5.73 Å². The summed E-state index contributed by atoms with van der Waals surface area (Å²) in [6.45, 7) is 11.2. The van der Waals surface area contributed by atoms with Crippen molar-refractivity contribution in [3.05, 3.63) is 0 Å². The van der Waals surface area contributed by atoms with Gasteiger partial charge in [0.05, 0.1) is 0 Å². The van der Waals surface area contributed by atoms with Gasteiger partial charge in [-0.1, -0.05) is 20.3 Å². The molecule has 1 heterocycles. The molecular weight excluding hydrogens is 210 g/mol. The molecule has 0 amide bonds. The molecule has 3 nitrogen and oxygen atoms in total. The van der Waals surface area contributed by atoms with Gasteiger partial charge in [0.15, 0.2) is 0 Å². The van der Waals surface area contributed by atoms with Crippen molar-refractivity contribution >= 4 is 0 Å². The summed E-state index contributed by atoms with van der Waals surface area (Å²) in [6, 6.07) is 0.743. The number of hydrogen-bond donors (Lipinski definition) is 1. The standard InChI is InChI=1S/C14H31N3/c1-5-9-14(3,12-15)16(4)11-13-8-7-10-17(13)6-2/h13H,5-12,15H2,1-4H3. The second kappa shape index (κ2) is 6.72. The van der Waals surface area contributed by atoms with Crippen molar-refractivity contribution in [2.24, 2.45) is 5.73 Å². The summed E-state index contributed by atoms with van der Waals surface area (Å²) in [5, 5.41) is 0. The summed E-state index contributed by atoms with van der Waals surface area (Å²) in [6.07, 6.45) is 5.11. The Morgan fingerprint density at radius 1 is 1.41 bits per heavy atom. The summed E-state index contributed by atoms with van der Waals surface area (Å²) in [5.74, 6) is 0. The summed E-state index contributed by atoms with van der Waals surface area (Å²) in [4.78, 5) is 5.11. The third kappa shape index (κ3) is 3.67. The van der Waals surface area contributed by atoms with Crippen LogP contribution >= 0.6 is 0 Å². The predicted octanol–water partition coefficient (Wildman–Crippen LogP) is 1.92. The van der Waals surface area contributed by atoms with Crippen LogP contribution in [-0.2, 0) is 0 Å². The SMILES string of the molecule is CCCC(C)(CN)N(C)CC1CCCN1CC. The Kier molecular flexibility index (Phi) is 5.90. The molecule has 0 aromatic heterocycles. The van der Waals surface area contributed by atoms with Gasteiger partial charge in [0.1, 0.15) is 0 Å². The molecule has 0 bridgehead atoms. The van der Waals surface area contributed by atoms with Gasteiger partial charge in [-0.2, -0.15) is 0 Å². The van der Waals surface area contributed by atoms with Gasteiger partial charge >= 0.3 is 0 Å². The summed E-state index contributed by atoms with van der Waals surface area (Å²) in [5.41, 5.74) is 6.16. The van der Waals surface area contributed by atoms with E-state index in [9.17, 15) is 0 Å². The van der Waals surface area contributed by atoms with Gasteiger partial charge in [0.25, 0.3) is 0 Å². The molecule has 0 aromatic rings. The first-order chi connectivity index (χ1) is 8.07. The Bertz CT molecular complexity index is 220. The molecule has 0 aromatic carbocycles. The fourth-order valence-corrected chi connectivity index (χ4v) is 3.04. The van der Waals surface area contributed by atoms with E-state index in [1.807, 2.05) is 0 Å². The van der Waals surface area contributed by atoms with Crippen molar-refractivity contribution in [2.75, 3.05) is 33.2 Å². The molecule has 102 valence electrons. The highest BCUT2D eigenvalue weighted by molar-refractivity contribution is 4.89. The number of hydrogen-bond acceptors (Lipinski definition) is 3. The highest BCUT2D eigenvalue weighted by atomic mass is 15.3. The van der Waals surface area contributed by atoms with Crippen LogP contribution in [0.25, 0.3) is 0 Å². The fraction of sp³-hybridized carbons (Fsp3) is 1.00. The fourth-order valence-electron chi connectivity index (χ4n) is 3.04. The Morgan fingerprint density at radius 3 is 2.65 bits per heavy atom. The van der Waals surface area contributed by atoms with Crippen LogP contribution in [0.2, 0.25) is 0 Å². The summed E-state index contributed by atoms with van der Waals surface area (Å²) < 4.78 is 0. The Hall–Kier alpha value is -0.120. The number of likely N-dealkylation sites (tertiary alicyclic amines) is 1. The molecule has 2 unspecified atom stereocenters. The van der Waals surface area contributed by atoms with Crippen LogP contribution in [-0.4, -0.2) is 54.6 Å². The van der Waals surface area contributed by atoms with E-state index in [4.69, 9.17) is 5.73 Å². The first-order valence-corrected chi connectivity index (χ1v) is 7.22. The molecule has 0 saturated carbocycles. The largest absolute Gasteiger partial charge is 0.329 e. The van der Waals surface area contributed by atoms with Crippen molar-refractivity contribution in [1.82, 2.24) is 9.80 Å². The molecule has 1 saturated heterocycles. The molecular formula is C14H31N3. The maximum Gasteiger partial charge on any atom is 0.0301 e. The van der Waals surface area contributed by atoms with Gasteiger partial charge in [0.2, 0.25) is 0 Å². The average Bonchev–Trinajstić information content (AvgIpc) is 2.76. The van der Waals surface area contributed by atoms with E-state index in [1.165, 1.54) is 45.3 Å². The average molecular weight is 241 g/mol. The van der Waals surface area contributed by atoms with Crippen LogP contribution in [0, 0.1) is 0 Å². The number of likely N-dealkylation sites (N-methyl/N-ethyl adjacent to an activating group) is 2. The number of rotatable bonds is 7. The smallest absolute Gasteiger partial charge is 0.0301 e. The van der Waals surface area contributed by atoms with Gasteiger partial charge in [-0.25, -0.2) is 0 Å². The zero-order chi connectivity index (χ0) is 12.9. The van der Waals surface area contributed by atoms with Gasteiger partial charge in [-0.3, -0.25) is 9.80 Å². The van der Waals surface area contributed by atoms with E-state index in [-0.39, 0.29) is 5.54 Å². The molecule has 1 aliphatic rings. The van der Waals surface area contributed by atoms with Crippen molar-refractivity contribution in [3.8, 4) is 0 Å². The Morgan fingerprint density at radius 2 is 2.12 bits per heavy atom. The maximum absolute atomic E-state index is 5.98. The van der Waals surface area contributed by atoms with Crippen LogP contribution in [0.5, 0.6) is 0 Å². The van der Waals surface area contributed by atoms with E-state index in [2.05, 4.69) is 37.6 Å². The first-order valence-electron chi connectivity index (χ1n) is 7.22. The number of nitrogens with zero attached hydrogens (tertiary/aromatic N) is 2. The predicted molar refractivity (Wildman–Crippen MR) is 75.3 cm³/mol. The molecule has 1 rings (SSSR count). The normalized spacial score (nSPS) is 25.4. The van der Waals surface area contributed by atoms with Crippen LogP contribution < -0.4 is 5.73 Å². The van der Waals surface area contributed by atoms with E-state index in [0.29, 0.717) is 0 Å². The number of nitrogens with two attached hydrogens (primary N) is 1. The van der Waals surface area contributed by atoms with Crippen molar-refractivity contribution in [1.29, 1.82) is 0 Å². The van der Waals surface area contributed by atoms with E-state index in [1.54, 1.807) is 0 Å². The van der Waals surface area contributed by atoms with E-state index in [0.717, 1.165) is 12.6 Å². The van der Waals surface area contributed by atoms with Crippen molar-refractivity contribution in [3.63, 3.8) is 0 Å². The van der Waals surface area contributed by atoms with E-state index < -0.39 is 0 Å². The second-order valence-electron chi connectivity index (χ2n) is 5.76. The maximum atomic E-state index is 5.98. The highest BCUT2D eigenvalue weighted by Crippen LogP contribution is 2.23. The molecule has 1 aliphatic heterocycles. The minimum Gasteiger partial charge on any atom is -0.329 e. The van der Waals surface area contributed by atoms with Crippen molar-refractivity contribution < 1.29 is 0 Å². The lowest BCUT2D eigenvalue weighted by atomic mass is 9.93. The molecule has 2 atom stereocenters. The molecule has 17 heavy (non-hydrogen) atoms. The second-order valence-corrected chi connectivity index (χ2v) is 5.76. The Balaban J connectivity index is 2.54. The minimum atomic E-state index is 0.177. The molecule has 0 aliphatic carbocycles. The summed E-state index contributed by atoms with van der Waals surface area (Å²) in [7, 11) is 2.24. The monoisotopic (exact) mass is 241 g/mol. The van der Waals surface area contributed by atoms with Gasteiger partial charge in [-0.05, 0) is 46.3 Å². The minimum absolute atomic E-state index is 0.177. The summed E-state index contributed by atoms with van der Waals surface area (Å²) >= 11 is 0. The van der Waals surface area contributed by atoms with Crippen molar-refractivity contribution in [2.45, 2.75) is 58.0 Å². The van der Waals surface area contributed by atoms with Gasteiger partial charge in [-0.15, -0.1) is 0 Å².